The average molecular weight is 494 g/mol. The van der Waals surface area contributed by atoms with E-state index in [0.717, 1.165) is 24.2 Å². The summed E-state index contributed by atoms with van der Waals surface area (Å²) in [6.07, 6.45) is 3.13. The number of alkyl halides is 1. The molecule has 7 heteroatoms. The number of carbonyl (C=O) groups excluding carboxylic acids is 1. The van der Waals surface area contributed by atoms with Gasteiger partial charge in [-0.05, 0) is 64.2 Å². The molecule has 1 atom stereocenters. The van der Waals surface area contributed by atoms with Gasteiger partial charge in [-0.3, -0.25) is 0 Å². The van der Waals surface area contributed by atoms with Crippen molar-refractivity contribution in [1.29, 1.82) is 0 Å². The van der Waals surface area contributed by atoms with Crippen LogP contribution < -0.4 is 10.2 Å². The zero-order chi connectivity index (χ0) is 21.9. The van der Waals surface area contributed by atoms with E-state index in [9.17, 15) is 4.79 Å². The maximum atomic E-state index is 12.2. The van der Waals surface area contributed by atoms with Gasteiger partial charge in [-0.2, -0.15) is 0 Å². The first-order valence-electron chi connectivity index (χ1n) is 10.5. The molecule has 0 radical (unpaired) electrons. The van der Waals surface area contributed by atoms with Crippen molar-refractivity contribution >= 4 is 39.0 Å². The molecule has 30 heavy (non-hydrogen) atoms. The number of benzene rings is 1. The Balaban J connectivity index is 1.88. The number of halogens is 1. The summed E-state index contributed by atoms with van der Waals surface area (Å²) in [6, 6.07) is 7.11. The van der Waals surface area contributed by atoms with Gasteiger partial charge >= 0.3 is 6.09 Å². The third-order valence-corrected chi connectivity index (χ3v) is 6.42. The number of anilines is 1. The lowest BCUT2D eigenvalue weighted by Gasteiger charge is -2.29. The fraction of sp³-hybridized carbons (Fsp3) is 0.565. The number of nitrogens with one attached hydrogen (secondary N) is 1. The van der Waals surface area contributed by atoms with Crippen LogP contribution in [0, 0.1) is 6.92 Å². The molecule has 0 saturated heterocycles. The Hall–Kier alpha value is -1.60. The van der Waals surface area contributed by atoms with Crippen LogP contribution in [0.4, 0.5) is 10.5 Å². The highest BCUT2D eigenvalue weighted by Crippen LogP contribution is 2.38. The summed E-state index contributed by atoms with van der Waals surface area (Å²) in [6.45, 7) is 11.3. The van der Waals surface area contributed by atoms with Crippen LogP contribution >= 0.6 is 27.3 Å². The minimum atomic E-state index is -0.507. The van der Waals surface area contributed by atoms with E-state index in [2.05, 4.69) is 63.2 Å². The van der Waals surface area contributed by atoms with Gasteiger partial charge in [0.05, 0.1) is 16.1 Å². The van der Waals surface area contributed by atoms with Crippen molar-refractivity contribution in [1.82, 2.24) is 10.3 Å². The van der Waals surface area contributed by atoms with Crippen molar-refractivity contribution in [3.63, 3.8) is 0 Å². The Kier molecular flexibility index (Phi) is 7.45. The number of amides is 1. The molecular weight excluding hydrogens is 462 g/mol. The lowest BCUT2D eigenvalue weighted by atomic mass is 10.0. The lowest BCUT2D eigenvalue weighted by molar-refractivity contribution is 0.0523. The highest BCUT2D eigenvalue weighted by molar-refractivity contribution is 9.09. The first-order chi connectivity index (χ1) is 14.1. The Morgan fingerprint density at radius 3 is 2.70 bits per heavy atom. The molecule has 0 spiro atoms. The molecule has 1 fully saturated rings. The van der Waals surface area contributed by atoms with E-state index >= 15 is 0 Å². The molecule has 1 N–H and O–H groups in total. The molecule has 1 heterocycles. The molecule has 2 aromatic rings. The number of alkyl carbamates (subject to hydrolysis) is 1. The normalized spacial score (nSPS) is 15.0. The second kappa shape index (κ2) is 9.69. The van der Waals surface area contributed by atoms with Gasteiger partial charge < -0.3 is 15.0 Å². The molecule has 1 amide bonds. The Bertz CT molecular complexity index is 872. The Morgan fingerprint density at radius 2 is 2.13 bits per heavy atom. The van der Waals surface area contributed by atoms with Crippen LogP contribution in [0.15, 0.2) is 23.7 Å². The molecular formula is C23H32BrN3O2S. The van der Waals surface area contributed by atoms with Gasteiger partial charge in [-0.15, -0.1) is 11.3 Å². The molecule has 1 aliphatic rings. The Labute approximate surface area is 192 Å². The minimum absolute atomic E-state index is 0.386. The summed E-state index contributed by atoms with van der Waals surface area (Å²) in [5.74, 6) is 0. The van der Waals surface area contributed by atoms with Gasteiger partial charge in [0.15, 0.2) is 0 Å². The quantitative estimate of drug-likeness (QED) is 0.439. The molecule has 1 saturated carbocycles. The third-order valence-electron chi connectivity index (χ3n) is 4.98. The fourth-order valence-corrected chi connectivity index (χ4v) is 4.39. The standard InChI is InChI=1S/C23H32BrN3O2S/c1-15(24)10-11-27(19-8-9-19)20-12-17(21-16(2)26-14-30-21)6-7-18(20)13-25-22(28)29-23(3,4)5/h6-7,12,14-15,19H,8-11,13H2,1-5H3,(H,25,28). The van der Waals surface area contributed by atoms with Crippen LogP contribution in [0.2, 0.25) is 0 Å². The molecule has 1 unspecified atom stereocenters. The van der Waals surface area contributed by atoms with E-state index in [1.165, 1.54) is 29.0 Å². The zero-order valence-corrected chi connectivity index (χ0v) is 20.9. The third kappa shape index (κ3) is 6.45. The predicted molar refractivity (Wildman–Crippen MR) is 129 cm³/mol. The van der Waals surface area contributed by atoms with Crippen LogP contribution in [0.3, 0.4) is 0 Å². The van der Waals surface area contributed by atoms with Crippen LogP contribution in [0.1, 0.15) is 58.2 Å². The van der Waals surface area contributed by atoms with Gasteiger partial charge in [0.2, 0.25) is 0 Å². The number of hydrogen-bond donors (Lipinski definition) is 1. The lowest BCUT2D eigenvalue weighted by Crippen LogP contribution is -2.33. The smallest absolute Gasteiger partial charge is 0.407 e. The van der Waals surface area contributed by atoms with Crippen molar-refractivity contribution < 1.29 is 9.53 Å². The fourth-order valence-electron chi connectivity index (χ4n) is 3.39. The second-order valence-corrected chi connectivity index (χ2v) is 11.4. The molecule has 3 rings (SSSR count). The highest BCUT2D eigenvalue weighted by Gasteiger charge is 2.31. The zero-order valence-electron chi connectivity index (χ0n) is 18.5. The molecule has 5 nitrogen and oxygen atoms in total. The van der Waals surface area contributed by atoms with E-state index in [0.29, 0.717) is 17.4 Å². The number of aromatic nitrogens is 1. The predicted octanol–water partition coefficient (Wildman–Crippen LogP) is 6.29. The molecule has 0 bridgehead atoms. The first kappa shape index (κ1) is 23.1. The van der Waals surface area contributed by atoms with E-state index in [1.807, 2.05) is 26.3 Å². The van der Waals surface area contributed by atoms with E-state index in [1.54, 1.807) is 11.3 Å². The second-order valence-electron chi connectivity index (χ2n) is 8.96. The van der Waals surface area contributed by atoms with Gasteiger partial charge in [-0.1, -0.05) is 35.0 Å². The van der Waals surface area contributed by atoms with Crippen molar-refractivity contribution in [3.8, 4) is 10.4 Å². The summed E-state index contributed by atoms with van der Waals surface area (Å²) < 4.78 is 5.42. The Morgan fingerprint density at radius 1 is 1.40 bits per heavy atom. The van der Waals surface area contributed by atoms with Crippen molar-refractivity contribution in [2.24, 2.45) is 0 Å². The van der Waals surface area contributed by atoms with Gasteiger partial charge in [-0.25, -0.2) is 9.78 Å². The number of rotatable bonds is 8. The van der Waals surface area contributed by atoms with E-state index < -0.39 is 5.60 Å². The first-order valence-corrected chi connectivity index (χ1v) is 12.3. The number of hydrogen-bond acceptors (Lipinski definition) is 5. The summed E-state index contributed by atoms with van der Waals surface area (Å²) in [5.41, 5.74) is 5.94. The van der Waals surface area contributed by atoms with Crippen LogP contribution in [-0.4, -0.2) is 34.1 Å². The summed E-state index contributed by atoms with van der Waals surface area (Å²) in [7, 11) is 0. The van der Waals surface area contributed by atoms with Crippen molar-refractivity contribution in [2.75, 3.05) is 11.4 Å². The number of thiazole rings is 1. The maximum Gasteiger partial charge on any atom is 0.407 e. The summed E-state index contributed by atoms with van der Waals surface area (Å²) in [4.78, 5) is 20.8. The van der Waals surface area contributed by atoms with Crippen LogP contribution in [0.5, 0.6) is 0 Å². The number of ether oxygens (including phenoxy) is 1. The maximum absolute atomic E-state index is 12.2. The van der Waals surface area contributed by atoms with Crippen molar-refractivity contribution in [2.45, 2.75) is 76.9 Å². The minimum Gasteiger partial charge on any atom is -0.444 e. The van der Waals surface area contributed by atoms with Crippen LogP contribution in [0.25, 0.3) is 10.4 Å². The average Bonchev–Trinajstić information content (AvgIpc) is 3.39. The van der Waals surface area contributed by atoms with E-state index in [4.69, 9.17) is 4.74 Å². The van der Waals surface area contributed by atoms with Crippen LogP contribution in [-0.2, 0) is 11.3 Å². The highest BCUT2D eigenvalue weighted by atomic mass is 79.9. The van der Waals surface area contributed by atoms with Gasteiger partial charge in [0.1, 0.15) is 5.60 Å². The monoisotopic (exact) mass is 493 g/mol. The van der Waals surface area contributed by atoms with E-state index in [-0.39, 0.29) is 6.09 Å². The molecule has 0 aliphatic heterocycles. The SMILES string of the molecule is Cc1ncsc1-c1ccc(CNC(=O)OC(C)(C)C)c(N(CCC(C)Br)C2CC2)c1. The van der Waals surface area contributed by atoms with Gasteiger partial charge in [0.25, 0.3) is 0 Å². The number of carbonyl (C=O) groups is 1. The number of nitrogens with zero attached hydrogens (tertiary/aromatic N) is 2. The molecule has 1 aliphatic carbocycles. The van der Waals surface area contributed by atoms with Gasteiger partial charge in [0, 0.05) is 29.6 Å². The largest absolute Gasteiger partial charge is 0.444 e. The summed E-state index contributed by atoms with van der Waals surface area (Å²) >= 11 is 5.36. The summed E-state index contributed by atoms with van der Waals surface area (Å²) in [5, 5.41) is 2.93. The number of aryl methyl sites for hydroxylation is 1. The topological polar surface area (TPSA) is 54.5 Å². The molecule has 1 aromatic carbocycles. The molecule has 1 aromatic heterocycles. The van der Waals surface area contributed by atoms with Crippen molar-refractivity contribution in [3.05, 3.63) is 35.0 Å². The molecule has 164 valence electrons.